The van der Waals surface area contributed by atoms with Crippen LogP contribution in [0.2, 0.25) is 0 Å². The summed E-state index contributed by atoms with van der Waals surface area (Å²) in [6.07, 6.45) is 2.30. The summed E-state index contributed by atoms with van der Waals surface area (Å²) in [6.45, 7) is 2.48. The maximum atomic E-state index is 12.9. The van der Waals surface area contributed by atoms with Crippen LogP contribution < -0.4 is 20.1 Å². The highest BCUT2D eigenvalue weighted by atomic mass is 16.5. The number of amides is 1. The summed E-state index contributed by atoms with van der Waals surface area (Å²) < 4.78 is 10.7. The van der Waals surface area contributed by atoms with Crippen LogP contribution in [0.4, 0.5) is 11.8 Å². The quantitative estimate of drug-likeness (QED) is 0.485. The Balaban J connectivity index is 1.30. The van der Waals surface area contributed by atoms with Crippen molar-refractivity contribution in [3.63, 3.8) is 0 Å². The van der Waals surface area contributed by atoms with E-state index < -0.39 is 0 Å². The number of ether oxygens (including phenoxy) is 2. The van der Waals surface area contributed by atoms with Crippen molar-refractivity contribution in [2.45, 2.75) is 6.42 Å². The van der Waals surface area contributed by atoms with E-state index in [1.54, 1.807) is 26.4 Å². The summed E-state index contributed by atoms with van der Waals surface area (Å²) in [6, 6.07) is 11.6. The van der Waals surface area contributed by atoms with Crippen LogP contribution >= 0.6 is 0 Å². The Bertz CT molecular complexity index is 1330. The number of carbonyl (C=O) groups is 1. The number of piperazine rings is 1. The summed E-state index contributed by atoms with van der Waals surface area (Å²) in [5, 5.41) is 1.81. The van der Waals surface area contributed by atoms with Crippen molar-refractivity contribution in [1.82, 2.24) is 19.9 Å². The van der Waals surface area contributed by atoms with Crippen LogP contribution in [0, 0.1) is 0 Å². The van der Waals surface area contributed by atoms with E-state index in [1.165, 1.54) is 0 Å². The molecule has 0 atom stereocenters. The van der Waals surface area contributed by atoms with Gasteiger partial charge in [-0.2, -0.15) is 4.98 Å². The lowest BCUT2D eigenvalue weighted by atomic mass is 10.1. The monoisotopic (exact) mass is 446 g/mol. The van der Waals surface area contributed by atoms with Crippen molar-refractivity contribution in [3.8, 4) is 11.5 Å². The summed E-state index contributed by atoms with van der Waals surface area (Å²) in [7, 11) is 3.16. The predicted molar refractivity (Wildman–Crippen MR) is 128 cm³/mol. The average molecular weight is 447 g/mol. The molecule has 1 aliphatic rings. The number of nitrogens with one attached hydrogen (secondary N) is 1. The lowest BCUT2D eigenvalue weighted by Gasteiger charge is -2.35. The standard InChI is InChI=1S/C24H26N6O3/c1-32-20-12-17-19(13-21(20)33-2)27-24(28-23(17)25)30-9-7-29(8-10-30)22(31)11-15-14-26-18-6-4-3-5-16(15)18/h3-6,12-14,26H,7-11H2,1-2H3,(H2,25,27,28). The molecule has 0 spiro atoms. The zero-order valence-corrected chi connectivity index (χ0v) is 18.7. The molecule has 4 aromatic rings. The highest BCUT2D eigenvalue weighted by Crippen LogP contribution is 2.34. The van der Waals surface area contributed by atoms with E-state index in [4.69, 9.17) is 20.2 Å². The molecule has 170 valence electrons. The van der Waals surface area contributed by atoms with Crippen LogP contribution in [0.5, 0.6) is 11.5 Å². The van der Waals surface area contributed by atoms with Gasteiger partial charge >= 0.3 is 0 Å². The van der Waals surface area contributed by atoms with Gasteiger partial charge in [0, 0.05) is 54.7 Å². The predicted octanol–water partition coefficient (Wildman–Crippen LogP) is 2.60. The van der Waals surface area contributed by atoms with Crippen molar-refractivity contribution >= 4 is 39.5 Å². The Hall–Kier alpha value is -4.01. The first-order valence-corrected chi connectivity index (χ1v) is 10.8. The van der Waals surface area contributed by atoms with Crippen molar-refractivity contribution in [2.24, 2.45) is 0 Å². The van der Waals surface area contributed by atoms with Crippen LogP contribution in [-0.2, 0) is 11.2 Å². The number of aromatic nitrogens is 3. The summed E-state index contributed by atoms with van der Waals surface area (Å²) in [4.78, 5) is 29.3. The van der Waals surface area contributed by atoms with E-state index in [1.807, 2.05) is 35.4 Å². The highest BCUT2D eigenvalue weighted by Gasteiger charge is 2.24. The van der Waals surface area contributed by atoms with Gasteiger partial charge in [-0.25, -0.2) is 4.98 Å². The Morgan fingerprint density at radius 2 is 1.76 bits per heavy atom. The Kier molecular flexibility index (Phi) is 5.37. The Labute approximate surface area is 191 Å². The van der Waals surface area contributed by atoms with E-state index >= 15 is 0 Å². The van der Waals surface area contributed by atoms with Gasteiger partial charge in [0.05, 0.1) is 26.2 Å². The number of hydrogen-bond acceptors (Lipinski definition) is 7. The van der Waals surface area contributed by atoms with Crippen molar-refractivity contribution in [3.05, 3.63) is 48.2 Å². The topological polar surface area (TPSA) is 110 Å². The molecule has 0 unspecified atom stereocenters. The molecule has 3 N–H and O–H groups in total. The number of nitrogens with two attached hydrogens (primary N) is 1. The van der Waals surface area contributed by atoms with Crippen LogP contribution in [-0.4, -0.2) is 66.2 Å². The molecular weight excluding hydrogens is 420 g/mol. The number of methoxy groups -OCH3 is 2. The third-order valence-electron chi connectivity index (χ3n) is 6.15. The van der Waals surface area contributed by atoms with Gasteiger partial charge in [-0.3, -0.25) is 4.79 Å². The minimum atomic E-state index is 0.121. The van der Waals surface area contributed by atoms with Gasteiger partial charge in [-0.15, -0.1) is 0 Å². The molecule has 1 amide bonds. The molecule has 3 heterocycles. The van der Waals surface area contributed by atoms with Gasteiger partial charge in [-0.1, -0.05) is 18.2 Å². The molecule has 0 saturated carbocycles. The second-order valence-corrected chi connectivity index (χ2v) is 8.04. The first-order chi connectivity index (χ1) is 16.1. The van der Waals surface area contributed by atoms with E-state index in [9.17, 15) is 4.79 Å². The molecule has 33 heavy (non-hydrogen) atoms. The number of fused-ring (bicyclic) bond motifs is 2. The lowest BCUT2D eigenvalue weighted by Crippen LogP contribution is -2.49. The number of para-hydroxylation sites is 1. The molecular formula is C24H26N6O3. The molecule has 1 aliphatic heterocycles. The third-order valence-corrected chi connectivity index (χ3v) is 6.15. The fraction of sp³-hybridized carbons (Fsp3) is 0.292. The smallest absolute Gasteiger partial charge is 0.228 e. The van der Waals surface area contributed by atoms with Crippen molar-refractivity contribution in [2.75, 3.05) is 51.0 Å². The third kappa shape index (κ3) is 3.86. The van der Waals surface area contributed by atoms with Crippen LogP contribution in [0.15, 0.2) is 42.6 Å². The molecule has 1 saturated heterocycles. The number of carbonyl (C=O) groups excluding carboxylic acids is 1. The first-order valence-electron chi connectivity index (χ1n) is 10.8. The number of anilines is 2. The number of nitrogens with zero attached hydrogens (tertiary/aromatic N) is 4. The number of H-pyrrole nitrogens is 1. The van der Waals surface area contributed by atoms with E-state index in [2.05, 4.69) is 14.9 Å². The van der Waals surface area contributed by atoms with E-state index in [0.717, 1.165) is 16.5 Å². The molecule has 5 rings (SSSR count). The summed E-state index contributed by atoms with van der Waals surface area (Å²) >= 11 is 0. The fourth-order valence-electron chi connectivity index (χ4n) is 4.32. The molecule has 9 heteroatoms. The van der Waals surface area contributed by atoms with E-state index in [0.29, 0.717) is 66.8 Å². The summed E-state index contributed by atoms with van der Waals surface area (Å²) in [5.41, 5.74) is 8.99. The molecule has 9 nitrogen and oxygen atoms in total. The van der Waals surface area contributed by atoms with Gasteiger partial charge in [0.2, 0.25) is 11.9 Å². The molecule has 2 aromatic heterocycles. The zero-order valence-electron chi connectivity index (χ0n) is 18.7. The molecule has 1 fully saturated rings. The number of nitrogen functional groups attached to an aromatic ring is 1. The molecule has 0 aliphatic carbocycles. The number of rotatable bonds is 5. The van der Waals surface area contributed by atoms with Crippen molar-refractivity contribution in [1.29, 1.82) is 0 Å². The van der Waals surface area contributed by atoms with Gasteiger partial charge in [0.1, 0.15) is 5.82 Å². The second kappa shape index (κ2) is 8.50. The van der Waals surface area contributed by atoms with E-state index in [-0.39, 0.29) is 5.91 Å². The van der Waals surface area contributed by atoms with Gasteiger partial charge in [-0.05, 0) is 17.7 Å². The number of aromatic amines is 1. The van der Waals surface area contributed by atoms with Gasteiger partial charge < -0.3 is 30.0 Å². The zero-order chi connectivity index (χ0) is 22.9. The second-order valence-electron chi connectivity index (χ2n) is 8.04. The van der Waals surface area contributed by atoms with Crippen LogP contribution in [0.25, 0.3) is 21.8 Å². The molecule has 2 aromatic carbocycles. The van der Waals surface area contributed by atoms with Gasteiger partial charge in [0.15, 0.2) is 11.5 Å². The summed E-state index contributed by atoms with van der Waals surface area (Å²) in [5.74, 6) is 2.22. The Morgan fingerprint density at radius 3 is 2.52 bits per heavy atom. The van der Waals surface area contributed by atoms with Gasteiger partial charge in [0.25, 0.3) is 0 Å². The number of hydrogen-bond donors (Lipinski definition) is 2. The maximum Gasteiger partial charge on any atom is 0.228 e. The first kappa shape index (κ1) is 20.9. The molecule has 0 bridgehead atoms. The minimum Gasteiger partial charge on any atom is -0.493 e. The highest BCUT2D eigenvalue weighted by molar-refractivity contribution is 5.92. The molecule has 0 radical (unpaired) electrons. The Morgan fingerprint density at radius 1 is 1.03 bits per heavy atom. The average Bonchev–Trinajstić information content (AvgIpc) is 3.26. The normalized spacial score (nSPS) is 14.1. The largest absolute Gasteiger partial charge is 0.493 e. The fourth-order valence-corrected chi connectivity index (χ4v) is 4.32. The van der Waals surface area contributed by atoms with Crippen molar-refractivity contribution < 1.29 is 14.3 Å². The minimum absolute atomic E-state index is 0.121. The SMILES string of the molecule is COc1cc2nc(N3CCN(C(=O)Cc4c[nH]c5ccccc45)CC3)nc(N)c2cc1OC. The number of benzene rings is 2. The lowest BCUT2D eigenvalue weighted by molar-refractivity contribution is -0.130. The van der Waals surface area contributed by atoms with Crippen LogP contribution in [0.3, 0.4) is 0 Å². The maximum absolute atomic E-state index is 12.9. The van der Waals surface area contributed by atoms with Crippen LogP contribution in [0.1, 0.15) is 5.56 Å².